The highest BCUT2D eigenvalue weighted by molar-refractivity contribution is 5.83. The van der Waals surface area contributed by atoms with Crippen LogP contribution in [0.15, 0.2) is 5.16 Å². The maximum absolute atomic E-state index is 5.40. The second-order valence-corrected chi connectivity index (χ2v) is 3.39. The summed E-state index contributed by atoms with van der Waals surface area (Å²) in [6.07, 6.45) is 2.98. The van der Waals surface area contributed by atoms with Crippen LogP contribution in [-0.4, -0.2) is 24.5 Å². The van der Waals surface area contributed by atoms with Gasteiger partial charge in [0.05, 0.1) is 18.9 Å². The van der Waals surface area contributed by atoms with Crippen molar-refractivity contribution in [2.45, 2.75) is 31.8 Å². The molecule has 11 heavy (non-hydrogen) atoms. The first kappa shape index (κ1) is 7.10. The molecule has 0 bridgehead atoms. The maximum atomic E-state index is 5.40. The SMILES string of the molecule is CC1=NOC2(CCOCC2)C1. The van der Waals surface area contributed by atoms with Gasteiger partial charge < -0.3 is 9.57 Å². The smallest absolute Gasteiger partial charge is 0.147 e. The highest BCUT2D eigenvalue weighted by Gasteiger charge is 2.39. The number of hydrogen-bond acceptors (Lipinski definition) is 3. The fraction of sp³-hybridized carbons (Fsp3) is 0.875. The van der Waals surface area contributed by atoms with Crippen LogP contribution in [0.2, 0.25) is 0 Å². The van der Waals surface area contributed by atoms with Crippen molar-refractivity contribution in [1.29, 1.82) is 0 Å². The van der Waals surface area contributed by atoms with E-state index in [1.54, 1.807) is 0 Å². The van der Waals surface area contributed by atoms with E-state index in [-0.39, 0.29) is 5.60 Å². The van der Waals surface area contributed by atoms with Gasteiger partial charge in [0.1, 0.15) is 5.60 Å². The third-order valence-electron chi connectivity index (χ3n) is 2.38. The van der Waals surface area contributed by atoms with Crippen LogP contribution in [-0.2, 0) is 9.57 Å². The van der Waals surface area contributed by atoms with E-state index in [9.17, 15) is 0 Å². The van der Waals surface area contributed by atoms with Crippen molar-refractivity contribution in [3.63, 3.8) is 0 Å². The molecular weight excluding hydrogens is 142 g/mol. The Balaban J connectivity index is 2.01. The van der Waals surface area contributed by atoms with Crippen molar-refractivity contribution in [1.82, 2.24) is 0 Å². The molecule has 1 saturated heterocycles. The number of hydrogen-bond donors (Lipinski definition) is 0. The van der Waals surface area contributed by atoms with E-state index in [2.05, 4.69) is 5.16 Å². The van der Waals surface area contributed by atoms with Gasteiger partial charge in [-0.05, 0) is 6.92 Å². The topological polar surface area (TPSA) is 30.8 Å². The van der Waals surface area contributed by atoms with Gasteiger partial charge in [0.15, 0.2) is 0 Å². The zero-order chi connectivity index (χ0) is 7.73. The molecule has 0 aromatic carbocycles. The number of nitrogens with zero attached hydrogens (tertiary/aromatic N) is 1. The minimum atomic E-state index is 0.0162. The lowest BCUT2D eigenvalue weighted by atomic mass is 9.90. The number of ether oxygens (including phenoxy) is 1. The molecule has 1 spiro atoms. The molecule has 0 aromatic rings. The maximum Gasteiger partial charge on any atom is 0.147 e. The van der Waals surface area contributed by atoms with Crippen molar-refractivity contribution in [3.8, 4) is 0 Å². The van der Waals surface area contributed by atoms with Crippen LogP contribution in [0.25, 0.3) is 0 Å². The Hall–Kier alpha value is -0.570. The van der Waals surface area contributed by atoms with E-state index in [1.807, 2.05) is 6.92 Å². The van der Waals surface area contributed by atoms with Crippen molar-refractivity contribution < 1.29 is 9.57 Å². The second kappa shape index (κ2) is 2.48. The molecule has 2 heterocycles. The fourth-order valence-corrected chi connectivity index (χ4v) is 1.72. The van der Waals surface area contributed by atoms with Crippen LogP contribution in [0.4, 0.5) is 0 Å². The van der Waals surface area contributed by atoms with Gasteiger partial charge in [0.25, 0.3) is 0 Å². The van der Waals surface area contributed by atoms with Crippen molar-refractivity contribution in [3.05, 3.63) is 0 Å². The minimum Gasteiger partial charge on any atom is -0.389 e. The molecule has 2 aliphatic heterocycles. The molecule has 1 fully saturated rings. The summed E-state index contributed by atoms with van der Waals surface area (Å²) >= 11 is 0. The summed E-state index contributed by atoms with van der Waals surface area (Å²) in [5, 5.41) is 3.97. The van der Waals surface area contributed by atoms with Crippen LogP contribution >= 0.6 is 0 Å². The molecule has 0 N–H and O–H groups in total. The average molecular weight is 155 g/mol. The summed E-state index contributed by atoms with van der Waals surface area (Å²) in [4.78, 5) is 5.40. The first-order chi connectivity index (χ1) is 5.31. The minimum absolute atomic E-state index is 0.0162. The fourth-order valence-electron chi connectivity index (χ4n) is 1.72. The van der Waals surface area contributed by atoms with E-state index >= 15 is 0 Å². The van der Waals surface area contributed by atoms with Gasteiger partial charge in [-0.3, -0.25) is 0 Å². The van der Waals surface area contributed by atoms with Crippen LogP contribution in [0.5, 0.6) is 0 Å². The van der Waals surface area contributed by atoms with E-state index in [4.69, 9.17) is 9.57 Å². The van der Waals surface area contributed by atoms with Crippen LogP contribution < -0.4 is 0 Å². The standard InChI is InChI=1S/C8H13NO2/c1-7-6-8(11-9-7)2-4-10-5-3-8/h2-6H2,1H3. The molecule has 0 atom stereocenters. The molecule has 0 saturated carbocycles. The van der Waals surface area contributed by atoms with Gasteiger partial charge in [-0.1, -0.05) is 5.16 Å². The molecule has 0 aromatic heterocycles. The van der Waals surface area contributed by atoms with Crippen LogP contribution in [0.3, 0.4) is 0 Å². The second-order valence-electron chi connectivity index (χ2n) is 3.39. The Morgan fingerprint density at radius 3 is 2.64 bits per heavy atom. The van der Waals surface area contributed by atoms with Gasteiger partial charge in [-0.2, -0.15) is 0 Å². The summed E-state index contributed by atoms with van der Waals surface area (Å²) in [7, 11) is 0. The Morgan fingerprint density at radius 1 is 1.36 bits per heavy atom. The van der Waals surface area contributed by atoms with E-state index in [0.717, 1.165) is 38.2 Å². The summed E-state index contributed by atoms with van der Waals surface area (Å²) in [6.45, 7) is 3.66. The van der Waals surface area contributed by atoms with Gasteiger partial charge in [-0.25, -0.2) is 0 Å². The largest absolute Gasteiger partial charge is 0.389 e. The van der Waals surface area contributed by atoms with Crippen molar-refractivity contribution >= 4 is 5.71 Å². The van der Waals surface area contributed by atoms with E-state index in [1.165, 1.54) is 0 Å². The molecule has 0 radical (unpaired) electrons. The molecule has 2 aliphatic rings. The molecule has 0 amide bonds. The third-order valence-corrected chi connectivity index (χ3v) is 2.38. The van der Waals surface area contributed by atoms with Crippen LogP contribution in [0, 0.1) is 0 Å². The predicted molar refractivity (Wildman–Crippen MR) is 41.6 cm³/mol. The van der Waals surface area contributed by atoms with Crippen molar-refractivity contribution in [2.75, 3.05) is 13.2 Å². The first-order valence-corrected chi connectivity index (χ1v) is 4.10. The quantitative estimate of drug-likeness (QED) is 0.528. The molecule has 3 heteroatoms. The summed E-state index contributed by atoms with van der Waals surface area (Å²) < 4.78 is 5.26. The summed E-state index contributed by atoms with van der Waals surface area (Å²) in [5.41, 5.74) is 1.13. The normalized spacial score (nSPS) is 28.3. The average Bonchev–Trinajstić information content (AvgIpc) is 2.34. The Kier molecular flexibility index (Phi) is 1.60. The van der Waals surface area contributed by atoms with E-state index in [0.29, 0.717) is 0 Å². The Morgan fingerprint density at radius 2 is 2.09 bits per heavy atom. The summed E-state index contributed by atoms with van der Waals surface area (Å²) in [6, 6.07) is 0. The molecular formula is C8H13NO2. The lowest BCUT2D eigenvalue weighted by molar-refractivity contribution is -0.0919. The van der Waals surface area contributed by atoms with Crippen molar-refractivity contribution in [2.24, 2.45) is 5.16 Å². The monoisotopic (exact) mass is 155 g/mol. The first-order valence-electron chi connectivity index (χ1n) is 4.10. The lowest BCUT2D eigenvalue weighted by Gasteiger charge is -2.30. The van der Waals surface area contributed by atoms with Gasteiger partial charge in [0.2, 0.25) is 0 Å². The molecule has 3 nitrogen and oxygen atoms in total. The zero-order valence-electron chi connectivity index (χ0n) is 6.80. The van der Waals surface area contributed by atoms with Crippen LogP contribution in [0.1, 0.15) is 26.2 Å². The molecule has 2 rings (SSSR count). The molecule has 0 unspecified atom stereocenters. The van der Waals surface area contributed by atoms with Gasteiger partial charge in [-0.15, -0.1) is 0 Å². The third kappa shape index (κ3) is 1.25. The molecule has 0 aliphatic carbocycles. The lowest BCUT2D eigenvalue weighted by Crippen LogP contribution is -2.36. The summed E-state index contributed by atoms with van der Waals surface area (Å²) in [5.74, 6) is 0. The van der Waals surface area contributed by atoms with Gasteiger partial charge >= 0.3 is 0 Å². The highest BCUT2D eigenvalue weighted by Crippen LogP contribution is 2.33. The number of rotatable bonds is 0. The predicted octanol–water partition coefficient (Wildman–Crippen LogP) is 1.33. The number of oxime groups is 1. The van der Waals surface area contributed by atoms with E-state index < -0.39 is 0 Å². The highest BCUT2D eigenvalue weighted by atomic mass is 16.7. The van der Waals surface area contributed by atoms with Gasteiger partial charge in [0, 0.05) is 19.3 Å². The zero-order valence-corrected chi connectivity index (χ0v) is 6.80. The Bertz CT molecular complexity index is 183. The molecule has 62 valence electrons. The Labute approximate surface area is 66.4 Å².